The lowest BCUT2D eigenvalue weighted by Gasteiger charge is -2.12. The molecule has 35 heavy (non-hydrogen) atoms. The van der Waals surface area contributed by atoms with Gasteiger partial charge in [0.05, 0.1) is 26.2 Å². The topological polar surface area (TPSA) is 90.6 Å². The molecule has 10 heteroatoms. The zero-order valence-corrected chi connectivity index (χ0v) is 21.4. The van der Waals surface area contributed by atoms with E-state index in [0.717, 1.165) is 21.3 Å². The van der Waals surface area contributed by atoms with E-state index in [0.29, 0.717) is 22.5 Å². The summed E-state index contributed by atoms with van der Waals surface area (Å²) >= 11 is 4.68. The fraction of sp³-hybridized carbons (Fsp3) is 0.120. The fourth-order valence-electron chi connectivity index (χ4n) is 3.26. The quantitative estimate of drug-likeness (QED) is 0.180. The molecule has 4 aromatic rings. The van der Waals surface area contributed by atoms with Crippen molar-refractivity contribution in [2.24, 2.45) is 5.10 Å². The molecule has 1 aromatic heterocycles. The summed E-state index contributed by atoms with van der Waals surface area (Å²) in [5.41, 5.74) is 5.10. The monoisotopic (exact) mass is 551 g/mol. The first-order valence-electron chi connectivity index (χ1n) is 10.5. The van der Waals surface area contributed by atoms with Crippen LogP contribution in [0.5, 0.6) is 11.5 Å². The molecule has 0 aliphatic carbocycles. The number of rotatable bonds is 9. The number of halogens is 1. The molecule has 178 valence electrons. The van der Waals surface area contributed by atoms with E-state index >= 15 is 0 Å². The largest absolute Gasteiger partial charge is 0.493 e. The highest BCUT2D eigenvalue weighted by atomic mass is 79.9. The number of benzene rings is 3. The van der Waals surface area contributed by atoms with Gasteiger partial charge in [0.2, 0.25) is 0 Å². The van der Waals surface area contributed by atoms with E-state index < -0.39 is 0 Å². The predicted octanol–water partition coefficient (Wildman–Crippen LogP) is 4.96. The molecule has 0 saturated carbocycles. The molecule has 1 heterocycles. The normalized spacial score (nSPS) is 10.9. The van der Waals surface area contributed by atoms with Crippen LogP contribution >= 0.6 is 27.7 Å². The third kappa shape index (κ3) is 6.09. The van der Waals surface area contributed by atoms with Crippen LogP contribution in [0.2, 0.25) is 0 Å². The molecule has 0 radical (unpaired) electrons. The molecule has 0 aliphatic heterocycles. The highest BCUT2D eigenvalue weighted by molar-refractivity contribution is 9.10. The Balaban J connectivity index is 1.54. The number of thioether (sulfide) groups is 1. The first kappa shape index (κ1) is 24.5. The van der Waals surface area contributed by atoms with E-state index in [-0.39, 0.29) is 11.7 Å². The standard InChI is InChI=1S/C25H22BrN5O3S/c1-33-21-12-11-18(14-22(21)34-2)24-29-30-25(31(24)20-9-4-3-5-10-20)35-16-23(32)28-27-15-17-7-6-8-19(26)13-17/h3-15H,16H2,1-2H3,(H,28,32)/b27-15-. The number of ether oxygens (including phenoxy) is 2. The summed E-state index contributed by atoms with van der Waals surface area (Å²) in [6.45, 7) is 0. The number of carbonyl (C=O) groups excluding carboxylic acids is 1. The van der Waals surface area contributed by atoms with Gasteiger partial charge in [0.1, 0.15) is 0 Å². The zero-order chi connectivity index (χ0) is 24.6. The Kier molecular flexibility index (Phi) is 8.17. The Morgan fingerprint density at radius 3 is 2.57 bits per heavy atom. The van der Waals surface area contributed by atoms with Crippen LogP contribution in [0.15, 0.2) is 87.5 Å². The van der Waals surface area contributed by atoms with Crippen molar-refractivity contribution in [2.45, 2.75) is 5.16 Å². The van der Waals surface area contributed by atoms with Gasteiger partial charge in [0.15, 0.2) is 22.5 Å². The lowest BCUT2D eigenvalue weighted by atomic mass is 10.2. The molecule has 3 aromatic carbocycles. The van der Waals surface area contributed by atoms with Crippen molar-refractivity contribution >= 4 is 39.8 Å². The predicted molar refractivity (Wildman–Crippen MR) is 141 cm³/mol. The number of aromatic nitrogens is 3. The Morgan fingerprint density at radius 1 is 1.03 bits per heavy atom. The van der Waals surface area contributed by atoms with Crippen LogP contribution < -0.4 is 14.9 Å². The highest BCUT2D eigenvalue weighted by Crippen LogP contribution is 2.34. The van der Waals surface area contributed by atoms with E-state index in [1.807, 2.05) is 77.4 Å². The molecule has 1 N–H and O–H groups in total. The first-order valence-corrected chi connectivity index (χ1v) is 12.3. The maximum absolute atomic E-state index is 12.4. The molecule has 0 saturated heterocycles. The summed E-state index contributed by atoms with van der Waals surface area (Å²) in [7, 11) is 3.18. The number of methoxy groups -OCH3 is 2. The molecule has 0 atom stereocenters. The van der Waals surface area contributed by atoms with Crippen molar-refractivity contribution < 1.29 is 14.3 Å². The lowest BCUT2D eigenvalue weighted by molar-refractivity contribution is -0.118. The van der Waals surface area contributed by atoms with Crippen LogP contribution in [0.25, 0.3) is 17.1 Å². The van der Waals surface area contributed by atoms with Crippen LogP contribution in [0.4, 0.5) is 0 Å². The van der Waals surface area contributed by atoms with Gasteiger partial charge >= 0.3 is 0 Å². The van der Waals surface area contributed by atoms with E-state index in [9.17, 15) is 4.79 Å². The number of amides is 1. The van der Waals surface area contributed by atoms with Crippen LogP contribution in [0, 0.1) is 0 Å². The smallest absolute Gasteiger partial charge is 0.250 e. The summed E-state index contributed by atoms with van der Waals surface area (Å²) in [5.74, 6) is 1.69. The van der Waals surface area contributed by atoms with E-state index in [4.69, 9.17) is 9.47 Å². The third-order valence-electron chi connectivity index (χ3n) is 4.87. The van der Waals surface area contributed by atoms with Gasteiger partial charge < -0.3 is 9.47 Å². The average Bonchev–Trinajstić information content (AvgIpc) is 3.31. The maximum Gasteiger partial charge on any atom is 0.250 e. The number of hydrogen-bond donors (Lipinski definition) is 1. The van der Waals surface area contributed by atoms with Crippen molar-refractivity contribution in [3.63, 3.8) is 0 Å². The van der Waals surface area contributed by atoms with Gasteiger partial charge in [-0.15, -0.1) is 10.2 Å². The second-order valence-electron chi connectivity index (χ2n) is 7.18. The Bertz CT molecular complexity index is 1340. The minimum Gasteiger partial charge on any atom is -0.493 e. The minimum atomic E-state index is -0.253. The average molecular weight is 552 g/mol. The SMILES string of the molecule is COc1ccc(-c2nnc(SCC(=O)N/N=C\c3cccc(Br)c3)n2-c2ccccc2)cc1OC. The zero-order valence-electron chi connectivity index (χ0n) is 19.0. The number of para-hydroxylation sites is 1. The molecule has 0 unspecified atom stereocenters. The number of nitrogens with zero attached hydrogens (tertiary/aromatic N) is 4. The van der Waals surface area contributed by atoms with Crippen molar-refractivity contribution in [3.05, 3.63) is 82.8 Å². The molecule has 8 nitrogen and oxygen atoms in total. The Hall–Kier alpha value is -3.63. The van der Waals surface area contributed by atoms with Gasteiger partial charge in [-0.3, -0.25) is 9.36 Å². The van der Waals surface area contributed by atoms with Crippen LogP contribution in [-0.2, 0) is 4.79 Å². The summed E-state index contributed by atoms with van der Waals surface area (Å²) in [4.78, 5) is 12.4. The highest BCUT2D eigenvalue weighted by Gasteiger charge is 2.18. The summed E-state index contributed by atoms with van der Waals surface area (Å²) < 4.78 is 13.6. The van der Waals surface area contributed by atoms with E-state index in [1.54, 1.807) is 20.4 Å². The molecular formula is C25H22BrN5O3S. The van der Waals surface area contributed by atoms with E-state index in [2.05, 4.69) is 36.7 Å². The number of hydrazone groups is 1. The molecule has 4 rings (SSSR count). The Morgan fingerprint density at radius 2 is 1.83 bits per heavy atom. The van der Waals surface area contributed by atoms with Gasteiger partial charge in [-0.1, -0.05) is 58.0 Å². The second-order valence-corrected chi connectivity index (χ2v) is 9.04. The number of hydrogen-bond acceptors (Lipinski definition) is 7. The molecule has 1 amide bonds. The van der Waals surface area contributed by atoms with Crippen LogP contribution in [0.3, 0.4) is 0 Å². The van der Waals surface area contributed by atoms with Crippen molar-refractivity contribution in [3.8, 4) is 28.6 Å². The summed E-state index contributed by atoms with van der Waals surface area (Å²) in [6.07, 6.45) is 1.59. The summed E-state index contributed by atoms with van der Waals surface area (Å²) in [6, 6.07) is 22.9. The van der Waals surface area contributed by atoms with Crippen molar-refractivity contribution in [1.82, 2.24) is 20.2 Å². The first-order chi connectivity index (χ1) is 17.1. The molecule has 0 spiro atoms. The van der Waals surface area contributed by atoms with Crippen LogP contribution in [-0.4, -0.2) is 46.9 Å². The number of nitrogens with one attached hydrogen (secondary N) is 1. The van der Waals surface area contributed by atoms with Gasteiger partial charge in [-0.2, -0.15) is 5.10 Å². The van der Waals surface area contributed by atoms with Crippen molar-refractivity contribution in [1.29, 1.82) is 0 Å². The molecular weight excluding hydrogens is 530 g/mol. The van der Waals surface area contributed by atoms with Gasteiger partial charge in [-0.25, -0.2) is 5.43 Å². The van der Waals surface area contributed by atoms with Crippen LogP contribution in [0.1, 0.15) is 5.56 Å². The van der Waals surface area contributed by atoms with E-state index in [1.165, 1.54) is 11.8 Å². The third-order valence-corrected chi connectivity index (χ3v) is 6.30. The maximum atomic E-state index is 12.4. The molecule has 0 aliphatic rings. The minimum absolute atomic E-state index is 0.118. The summed E-state index contributed by atoms with van der Waals surface area (Å²) in [5, 5.41) is 13.4. The lowest BCUT2D eigenvalue weighted by Crippen LogP contribution is -2.20. The Labute approximate surface area is 215 Å². The van der Waals surface area contributed by atoms with Gasteiger partial charge in [0.25, 0.3) is 5.91 Å². The van der Waals surface area contributed by atoms with Crippen molar-refractivity contribution in [2.75, 3.05) is 20.0 Å². The fourth-order valence-corrected chi connectivity index (χ4v) is 4.42. The number of carbonyl (C=O) groups is 1. The van der Waals surface area contributed by atoms with Gasteiger partial charge in [-0.05, 0) is 48.0 Å². The molecule has 0 fully saturated rings. The van der Waals surface area contributed by atoms with Gasteiger partial charge in [0, 0.05) is 15.7 Å². The second kappa shape index (κ2) is 11.7. The molecule has 0 bridgehead atoms.